The molecule has 1 atom stereocenters. The van der Waals surface area contributed by atoms with Gasteiger partial charge in [-0.2, -0.15) is 0 Å². The van der Waals surface area contributed by atoms with Gasteiger partial charge in [0.15, 0.2) is 0 Å². The molecule has 0 spiro atoms. The normalized spacial score (nSPS) is 26.5. The third kappa shape index (κ3) is 2.17. The first-order valence-electron chi connectivity index (χ1n) is 4.47. The molecule has 6 heteroatoms. The molecule has 1 rings (SSSR count). The van der Waals surface area contributed by atoms with E-state index in [9.17, 15) is 14.1 Å². The standard InChI is InChI=1S/C10H13NO4S/c1-3-6-11-10(13)16(14)7-4-5-8(16)9(12)15-2/h3-5,7,14H,1,6H2,2H3,(H,11,13). The number of amides is 1. The lowest BCUT2D eigenvalue weighted by Gasteiger charge is -2.26. The molecule has 0 aliphatic carbocycles. The third-order valence-corrected chi connectivity index (χ3v) is 4.15. The van der Waals surface area contributed by atoms with Gasteiger partial charge in [-0.05, 0) is 21.8 Å². The molecule has 0 radical (unpaired) electrons. The first-order chi connectivity index (χ1) is 7.56. The highest BCUT2D eigenvalue weighted by molar-refractivity contribution is 8.46. The van der Waals surface area contributed by atoms with Crippen LogP contribution in [-0.2, 0) is 9.53 Å². The summed E-state index contributed by atoms with van der Waals surface area (Å²) < 4.78 is 14.6. The van der Waals surface area contributed by atoms with Crippen molar-refractivity contribution in [1.29, 1.82) is 0 Å². The Bertz CT molecular complexity index is 388. The number of hydrogen-bond acceptors (Lipinski definition) is 4. The van der Waals surface area contributed by atoms with Gasteiger partial charge in [0.2, 0.25) is 0 Å². The first kappa shape index (κ1) is 12.5. The largest absolute Gasteiger partial charge is 0.465 e. The van der Waals surface area contributed by atoms with Crippen molar-refractivity contribution in [2.24, 2.45) is 0 Å². The predicted octanol–water partition coefficient (Wildman–Crippen LogP) is 1.74. The summed E-state index contributed by atoms with van der Waals surface area (Å²) in [6.07, 6.45) is 4.34. The average Bonchev–Trinajstić information content (AvgIpc) is 2.68. The van der Waals surface area contributed by atoms with E-state index in [1.54, 1.807) is 0 Å². The van der Waals surface area contributed by atoms with Crippen LogP contribution in [-0.4, -0.2) is 29.4 Å². The molecule has 0 aromatic heterocycles. The fourth-order valence-electron chi connectivity index (χ4n) is 1.14. The number of methoxy groups -OCH3 is 1. The Balaban J connectivity index is 2.87. The Morgan fingerprint density at radius 1 is 1.69 bits per heavy atom. The highest BCUT2D eigenvalue weighted by Crippen LogP contribution is 2.56. The minimum Gasteiger partial charge on any atom is -0.465 e. The molecule has 0 saturated carbocycles. The Morgan fingerprint density at radius 2 is 2.38 bits per heavy atom. The van der Waals surface area contributed by atoms with Gasteiger partial charge in [0.1, 0.15) is 4.91 Å². The zero-order valence-electron chi connectivity index (χ0n) is 8.80. The lowest BCUT2D eigenvalue weighted by molar-refractivity contribution is -0.135. The number of ether oxygens (including phenoxy) is 1. The lowest BCUT2D eigenvalue weighted by atomic mass is 10.5. The van der Waals surface area contributed by atoms with Crippen LogP contribution in [0.1, 0.15) is 0 Å². The molecule has 1 aliphatic rings. The van der Waals surface area contributed by atoms with Gasteiger partial charge in [-0.1, -0.05) is 12.2 Å². The van der Waals surface area contributed by atoms with Crippen LogP contribution >= 0.6 is 10.3 Å². The second-order valence-electron chi connectivity index (χ2n) is 2.93. The molecule has 1 heterocycles. The molecule has 0 aromatic carbocycles. The van der Waals surface area contributed by atoms with Crippen molar-refractivity contribution in [2.45, 2.75) is 0 Å². The van der Waals surface area contributed by atoms with E-state index in [0.717, 1.165) is 0 Å². The van der Waals surface area contributed by atoms with Gasteiger partial charge < -0.3 is 14.6 Å². The molecule has 16 heavy (non-hydrogen) atoms. The minimum absolute atomic E-state index is 0.0171. The summed E-state index contributed by atoms with van der Waals surface area (Å²) in [6.45, 7) is 3.67. The molecular weight excluding hydrogens is 230 g/mol. The Labute approximate surface area is 95.0 Å². The van der Waals surface area contributed by atoms with E-state index in [2.05, 4.69) is 16.6 Å². The zero-order chi connectivity index (χ0) is 12.2. The molecule has 2 N–H and O–H groups in total. The fraction of sp³-hybridized carbons (Fsp3) is 0.200. The van der Waals surface area contributed by atoms with E-state index >= 15 is 0 Å². The van der Waals surface area contributed by atoms with E-state index in [1.165, 1.54) is 30.7 Å². The van der Waals surface area contributed by atoms with Crippen molar-refractivity contribution in [3.05, 3.63) is 35.1 Å². The average molecular weight is 243 g/mol. The Hall–Kier alpha value is -1.53. The van der Waals surface area contributed by atoms with E-state index in [4.69, 9.17) is 0 Å². The van der Waals surface area contributed by atoms with Gasteiger partial charge >= 0.3 is 5.97 Å². The predicted molar refractivity (Wildman–Crippen MR) is 63.1 cm³/mol. The van der Waals surface area contributed by atoms with Gasteiger partial charge in [-0.15, -0.1) is 6.58 Å². The number of esters is 1. The van der Waals surface area contributed by atoms with E-state index in [0.29, 0.717) is 0 Å². The molecule has 5 nitrogen and oxygen atoms in total. The van der Waals surface area contributed by atoms with Crippen molar-refractivity contribution in [3.63, 3.8) is 0 Å². The maximum atomic E-state index is 11.7. The van der Waals surface area contributed by atoms with Crippen LogP contribution in [0.15, 0.2) is 35.1 Å². The van der Waals surface area contributed by atoms with Crippen LogP contribution in [0.4, 0.5) is 4.79 Å². The summed E-state index contributed by atoms with van der Waals surface area (Å²) in [5.74, 6) is -0.698. The smallest absolute Gasteiger partial charge is 0.345 e. The molecule has 1 amide bonds. The highest BCUT2D eigenvalue weighted by Gasteiger charge is 2.38. The van der Waals surface area contributed by atoms with E-state index in [1.807, 2.05) is 0 Å². The van der Waals surface area contributed by atoms with Crippen molar-refractivity contribution >= 4 is 21.5 Å². The molecule has 0 fully saturated rings. The number of rotatable bonds is 3. The number of allylic oxidation sites excluding steroid dienone is 2. The van der Waals surface area contributed by atoms with E-state index in [-0.39, 0.29) is 11.4 Å². The maximum absolute atomic E-state index is 11.7. The fourth-order valence-corrected chi connectivity index (χ4v) is 2.84. The number of nitrogens with one attached hydrogen (secondary N) is 1. The van der Waals surface area contributed by atoms with Crippen LogP contribution < -0.4 is 5.32 Å². The Morgan fingerprint density at radius 3 is 2.94 bits per heavy atom. The van der Waals surface area contributed by atoms with Crippen LogP contribution in [0.25, 0.3) is 0 Å². The zero-order valence-corrected chi connectivity index (χ0v) is 9.62. The van der Waals surface area contributed by atoms with Gasteiger partial charge in [-0.25, -0.2) is 4.79 Å². The minimum atomic E-state index is -2.90. The number of hydrogen-bond donors (Lipinski definition) is 2. The van der Waals surface area contributed by atoms with E-state index < -0.39 is 21.5 Å². The lowest BCUT2D eigenvalue weighted by Crippen LogP contribution is -2.28. The van der Waals surface area contributed by atoms with Crippen LogP contribution in [0.3, 0.4) is 0 Å². The van der Waals surface area contributed by atoms with Crippen molar-refractivity contribution in [3.8, 4) is 0 Å². The summed E-state index contributed by atoms with van der Waals surface area (Å²) in [5.41, 5.74) is 0. The molecule has 1 unspecified atom stereocenters. The monoisotopic (exact) mass is 243 g/mol. The molecule has 0 bridgehead atoms. The number of carbonyl (C=O) groups excluding carboxylic acids is 2. The van der Waals surface area contributed by atoms with Gasteiger partial charge in [0.05, 0.1) is 7.11 Å². The summed E-state index contributed by atoms with van der Waals surface area (Å²) in [6, 6.07) is 0. The van der Waals surface area contributed by atoms with Gasteiger partial charge in [0.25, 0.3) is 5.24 Å². The highest BCUT2D eigenvalue weighted by atomic mass is 32.3. The molecular formula is C10H13NO4S. The van der Waals surface area contributed by atoms with Crippen LogP contribution in [0, 0.1) is 0 Å². The first-order valence-corrected chi connectivity index (χ1v) is 6.13. The Kier molecular flexibility index (Phi) is 3.92. The molecule has 88 valence electrons. The number of carbonyl (C=O) groups is 2. The summed E-state index contributed by atoms with van der Waals surface area (Å²) in [4.78, 5) is 23.0. The molecule has 0 saturated heterocycles. The molecule has 1 aliphatic heterocycles. The second kappa shape index (κ2) is 5.00. The van der Waals surface area contributed by atoms with Crippen molar-refractivity contribution < 1.29 is 18.9 Å². The molecule has 0 aromatic rings. The third-order valence-electron chi connectivity index (χ3n) is 1.92. The van der Waals surface area contributed by atoms with Crippen LogP contribution in [0.2, 0.25) is 0 Å². The SMILES string of the molecule is C=CCNC(=O)S1(O)C=CC=C1C(=O)OC. The maximum Gasteiger partial charge on any atom is 0.345 e. The second-order valence-corrected chi connectivity index (χ2v) is 5.27. The summed E-state index contributed by atoms with van der Waals surface area (Å²) in [7, 11) is -1.70. The summed E-state index contributed by atoms with van der Waals surface area (Å²) in [5, 5.41) is 3.17. The van der Waals surface area contributed by atoms with Gasteiger partial charge in [0, 0.05) is 6.54 Å². The topological polar surface area (TPSA) is 75.6 Å². The van der Waals surface area contributed by atoms with Crippen molar-refractivity contribution in [2.75, 3.05) is 13.7 Å². The quantitative estimate of drug-likeness (QED) is 0.585. The van der Waals surface area contributed by atoms with Crippen LogP contribution in [0.5, 0.6) is 0 Å². The van der Waals surface area contributed by atoms with Gasteiger partial charge in [-0.3, -0.25) is 4.79 Å². The van der Waals surface area contributed by atoms with Crippen molar-refractivity contribution in [1.82, 2.24) is 5.32 Å². The summed E-state index contributed by atoms with van der Waals surface area (Å²) >= 11 is 0.